The summed E-state index contributed by atoms with van der Waals surface area (Å²) in [5, 5.41) is 172. The SMILES string of the molecule is CCCCCCCCCCCCCCC(O)C(O)(O)C(O)(O)C(=O)[O-].CCCCCCCCCCCCCCC(O)C(O)(O)C(O)(O)C(=O)[O-].CCCCCCCCCCCCCCC(O)C(O)(O)C(O)(O)C(=O)[O-].[Al+3]. The Morgan fingerprint density at radius 3 is 0.513 bits per heavy atom. The fourth-order valence-electron chi connectivity index (χ4n) is 8.29. The van der Waals surface area contributed by atoms with Crippen molar-refractivity contribution in [3.05, 3.63) is 0 Å². The van der Waals surface area contributed by atoms with E-state index in [0.717, 1.165) is 77.0 Å². The van der Waals surface area contributed by atoms with Crippen LogP contribution in [0.2, 0.25) is 0 Å². The van der Waals surface area contributed by atoms with Gasteiger partial charge in [0, 0.05) is 0 Å². The Kier molecular flexibility index (Phi) is 48.9. The summed E-state index contributed by atoms with van der Waals surface area (Å²) in [5.74, 6) is -30.0. The van der Waals surface area contributed by atoms with E-state index in [4.69, 9.17) is 30.6 Å². The first-order valence-electron chi connectivity index (χ1n) is 28.4. The van der Waals surface area contributed by atoms with Crippen molar-refractivity contribution in [2.75, 3.05) is 0 Å². The van der Waals surface area contributed by atoms with Crippen molar-refractivity contribution >= 4 is 35.3 Å². The van der Waals surface area contributed by atoms with E-state index in [9.17, 15) is 75.7 Å². The molecule has 21 nitrogen and oxygen atoms in total. The number of aliphatic hydroxyl groups excluding tert-OH is 3. The zero-order valence-electron chi connectivity index (χ0n) is 46.5. The van der Waals surface area contributed by atoms with Gasteiger partial charge in [0.25, 0.3) is 34.7 Å². The summed E-state index contributed by atoms with van der Waals surface area (Å²) in [5.41, 5.74) is 0. The number of carbonyl (C=O) groups excluding carboxylic acids is 3. The molecule has 0 amide bonds. The third-order valence-electron chi connectivity index (χ3n) is 13.8. The maximum Gasteiger partial charge on any atom is 3.00 e. The van der Waals surface area contributed by atoms with E-state index in [2.05, 4.69) is 20.8 Å². The molecular weight excluding hydrogens is 1010 g/mol. The van der Waals surface area contributed by atoms with Crippen LogP contribution >= 0.6 is 0 Å². The van der Waals surface area contributed by atoms with Crippen LogP contribution in [0.3, 0.4) is 0 Å². The molecule has 0 aliphatic carbocycles. The van der Waals surface area contributed by atoms with Gasteiger partial charge in [0.05, 0.1) is 0 Å². The molecule has 0 radical (unpaired) electrons. The van der Waals surface area contributed by atoms with E-state index in [1.807, 2.05) is 0 Å². The van der Waals surface area contributed by atoms with Gasteiger partial charge in [0.1, 0.15) is 36.2 Å². The second kappa shape index (κ2) is 46.0. The number of carboxylic acid groups (broad SMARTS) is 3. The summed E-state index contributed by atoms with van der Waals surface area (Å²) in [6.07, 6.45) is 33.1. The largest absolute Gasteiger partial charge is 3.00 e. The minimum Gasteiger partial charge on any atom is -0.544 e. The van der Waals surface area contributed by atoms with Crippen molar-refractivity contribution in [1.29, 1.82) is 0 Å². The molecule has 0 bridgehead atoms. The molecule has 0 aliphatic rings. The monoisotopic (exact) mass is 1120 g/mol. The van der Waals surface area contributed by atoms with Crippen molar-refractivity contribution in [2.45, 2.75) is 324 Å². The second-order valence-electron chi connectivity index (χ2n) is 20.6. The Morgan fingerprint density at radius 1 is 0.276 bits per heavy atom. The van der Waals surface area contributed by atoms with Crippen LogP contribution in [0.1, 0.15) is 271 Å². The van der Waals surface area contributed by atoms with Crippen LogP contribution in [-0.2, 0) is 14.4 Å². The molecule has 0 saturated heterocycles. The fraction of sp³-hybridized carbons (Fsp3) is 0.944. The van der Waals surface area contributed by atoms with Crippen LogP contribution in [0.4, 0.5) is 0 Å². The van der Waals surface area contributed by atoms with Crippen molar-refractivity contribution in [2.24, 2.45) is 0 Å². The first-order valence-corrected chi connectivity index (χ1v) is 28.4. The normalized spacial score (nSPS) is 13.7. The van der Waals surface area contributed by atoms with Crippen LogP contribution in [0.5, 0.6) is 0 Å². The Bertz CT molecular complexity index is 1240. The summed E-state index contributed by atoms with van der Waals surface area (Å²) in [7, 11) is 0. The van der Waals surface area contributed by atoms with E-state index in [0.29, 0.717) is 19.3 Å². The minimum absolute atomic E-state index is 0. The number of aliphatic carboxylic acids is 3. The Labute approximate surface area is 464 Å². The van der Waals surface area contributed by atoms with Gasteiger partial charge in [-0.2, -0.15) is 0 Å². The Balaban J connectivity index is -0.000000508. The van der Waals surface area contributed by atoms with Crippen molar-refractivity contribution in [3.8, 4) is 0 Å². The topological polar surface area (TPSA) is 424 Å². The average Bonchev–Trinajstić information content (AvgIpc) is 3.34. The van der Waals surface area contributed by atoms with E-state index in [-0.39, 0.29) is 36.6 Å². The maximum absolute atomic E-state index is 10.5. The van der Waals surface area contributed by atoms with Gasteiger partial charge < -0.3 is 106 Å². The number of hydrogen-bond donors (Lipinski definition) is 15. The van der Waals surface area contributed by atoms with Crippen LogP contribution < -0.4 is 15.3 Å². The summed E-state index contributed by atoms with van der Waals surface area (Å²) in [6, 6.07) is 0. The summed E-state index contributed by atoms with van der Waals surface area (Å²) in [4.78, 5) is 31.5. The number of hydrogen-bond acceptors (Lipinski definition) is 21. The van der Waals surface area contributed by atoms with Crippen molar-refractivity contribution in [3.63, 3.8) is 0 Å². The molecule has 3 atom stereocenters. The zero-order chi connectivity index (χ0) is 58.0. The molecule has 76 heavy (non-hydrogen) atoms. The summed E-state index contributed by atoms with van der Waals surface area (Å²) < 4.78 is 0. The molecule has 15 N–H and O–H groups in total. The predicted molar refractivity (Wildman–Crippen MR) is 279 cm³/mol. The van der Waals surface area contributed by atoms with Gasteiger partial charge in [0.15, 0.2) is 0 Å². The fourth-order valence-corrected chi connectivity index (χ4v) is 8.29. The van der Waals surface area contributed by atoms with Crippen LogP contribution in [0.15, 0.2) is 0 Å². The molecule has 0 aromatic carbocycles. The van der Waals surface area contributed by atoms with Crippen LogP contribution in [0, 0.1) is 0 Å². The van der Waals surface area contributed by atoms with E-state index >= 15 is 0 Å². The standard InChI is InChI=1S/3C18H36O7.Al/c3*1-2-3-4-5-6-7-8-9-10-11-12-13-14-15(19)17(22,23)18(24,25)16(20)21;/h3*15,19,22-25H,2-14H2,1H3,(H,20,21);/q;;;+3/p-3. The number of unbranched alkanes of at least 4 members (excludes halogenated alkanes) is 33. The van der Waals surface area contributed by atoms with Gasteiger partial charge >= 0.3 is 17.4 Å². The van der Waals surface area contributed by atoms with Gasteiger partial charge in [-0.25, -0.2) is 0 Å². The van der Waals surface area contributed by atoms with Gasteiger partial charge in [-0.1, -0.05) is 252 Å². The van der Waals surface area contributed by atoms with E-state index < -0.39 is 70.9 Å². The first kappa shape index (κ1) is 80.8. The summed E-state index contributed by atoms with van der Waals surface area (Å²) >= 11 is 0. The molecular formula is C54H105AlO21. The Hall–Kier alpha value is -1.66. The molecule has 22 heteroatoms. The minimum atomic E-state index is -3.93. The number of aliphatic hydroxyl groups is 15. The molecule has 0 aromatic rings. The molecule has 450 valence electrons. The first-order chi connectivity index (χ1) is 35.0. The third kappa shape index (κ3) is 34.5. The number of carbonyl (C=O) groups is 3. The zero-order valence-corrected chi connectivity index (χ0v) is 47.7. The van der Waals surface area contributed by atoms with Gasteiger partial charge in [-0.15, -0.1) is 0 Å². The smallest absolute Gasteiger partial charge is 0.544 e. The average molecular weight is 1120 g/mol. The quantitative estimate of drug-likeness (QED) is 0.0232. The van der Waals surface area contributed by atoms with Gasteiger partial charge in [0.2, 0.25) is 0 Å². The molecule has 0 aliphatic heterocycles. The molecule has 0 spiro atoms. The number of rotatable bonds is 48. The van der Waals surface area contributed by atoms with Gasteiger partial charge in [-0.3, -0.25) is 0 Å². The van der Waals surface area contributed by atoms with Crippen LogP contribution in [-0.4, -0.2) is 165 Å². The van der Waals surface area contributed by atoms with Crippen molar-refractivity contribution in [1.82, 2.24) is 0 Å². The predicted octanol–water partition coefficient (Wildman–Crippen LogP) is 1.27. The second-order valence-corrected chi connectivity index (χ2v) is 20.6. The summed E-state index contributed by atoms with van der Waals surface area (Å²) in [6.45, 7) is 6.61. The molecule has 0 heterocycles. The molecule has 0 aromatic heterocycles. The Morgan fingerprint density at radius 2 is 0.395 bits per heavy atom. The molecule has 0 saturated carbocycles. The molecule has 0 rings (SSSR count). The third-order valence-corrected chi connectivity index (χ3v) is 13.8. The van der Waals surface area contributed by atoms with E-state index in [1.54, 1.807) is 0 Å². The van der Waals surface area contributed by atoms with Gasteiger partial charge in [-0.05, 0) is 19.3 Å². The van der Waals surface area contributed by atoms with Crippen LogP contribution in [0.25, 0.3) is 0 Å². The molecule has 0 fully saturated rings. The molecule has 3 unspecified atom stereocenters. The number of carboxylic acids is 3. The van der Waals surface area contributed by atoms with E-state index in [1.165, 1.54) is 135 Å². The van der Waals surface area contributed by atoms with Crippen molar-refractivity contribution < 1.29 is 106 Å². The maximum atomic E-state index is 10.5.